The molecule has 3 aromatic rings. The highest BCUT2D eigenvalue weighted by molar-refractivity contribution is 6.39. The number of imidazole rings is 1. The maximum atomic E-state index is 12.6. The lowest BCUT2D eigenvalue weighted by Crippen LogP contribution is -2.44. The molecule has 2 aromatic carbocycles. The number of aromatic nitrogens is 2. The predicted octanol–water partition coefficient (Wildman–Crippen LogP) is 1.55. The number of carbonyl (C=O) groups excluding carboxylic acids is 3. The van der Waals surface area contributed by atoms with Gasteiger partial charge in [0, 0.05) is 30.7 Å². The van der Waals surface area contributed by atoms with Gasteiger partial charge in [0.2, 0.25) is 5.78 Å². The molecule has 158 valence electrons. The fourth-order valence-corrected chi connectivity index (χ4v) is 3.09. The molecule has 9 heteroatoms. The maximum absolute atomic E-state index is 12.6. The van der Waals surface area contributed by atoms with E-state index in [2.05, 4.69) is 15.6 Å². The molecule has 2 amide bonds. The number of nitrogens with zero attached hydrogens (tertiary/aromatic N) is 2. The number of amides is 2. The summed E-state index contributed by atoms with van der Waals surface area (Å²) >= 11 is 0. The lowest BCUT2D eigenvalue weighted by molar-refractivity contribution is -0.136. The number of rotatable bonds is 5. The van der Waals surface area contributed by atoms with Crippen LogP contribution in [0.5, 0.6) is 11.5 Å². The van der Waals surface area contributed by atoms with Gasteiger partial charge in [0.05, 0.1) is 6.54 Å². The van der Waals surface area contributed by atoms with E-state index in [0.717, 1.165) is 0 Å². The molecule has 1 atom stereocenters. The number of ketones is 1. The number of aryl methyl sites for hydroxylation is 1. The summed E-state index contributed by atoms with van der Waals surface area (Å²) in [5.41, 5.74) is 0.672. The molecule has 1 aliphatic heterocycles. The van der Waals surface area contributed by atoms with Crippen LogP contribution in [0.3, 0.4) is 0 Å². The summed E-state index contributed by atoms with van der Waals surface area (Å²) < 4.78 is 12.9. The van der Waals surface area contributed by atoms with Crippen molar-refractivity contribution in [1.82, 2.24) is 14.9 Å². The van der Waals surface area contributed by atoms with Gasteiger partial charge in [-0.15, -0.1) is 0 Å². The van der Waals surface area contributed by atoms with Crippen LogP contribution in [-0.2, 0) is 16.6 Å². The van der Waals surface area contributed by atoms with E-state index in [9.17, 15) is 14.4 Å². The molecule has 0 bridgehead atoms. The summed E-state index contributed by atoms with van der Waals surface area (Å²) in [6.07, 6.45) is 2.79. The zero-order valence-electron chi connectivity index (χ0n) is 16.7. The van der Waals surface area contributed by atoms with Gasteiger partial charge < -0.3 is 24.7 Å². The van der Waals surface area contributed by atoms with Crippen LogP contribution < -0.4 is 20.1 Å². The minimum atomic E-state index is -0.848. The Morgan fingerprint density at radius 1 is 1.10 bits per heavy atom. The van der Waals surface area contributed by atoms with Crippen LogP contribution in [0.25, 0.3) is 0 Å². The number of ether oxygens (including phenoxy) is 2. The Balaban J connectivity index is 1.33. The molecule has 2 N–H and O–H groups in total. The lowest BCUT2D eigenvalue weighted by atomic mass is 10.1. The summed E-state index contributed by atoms with van der Waals surface area (Å²) in [4.78, 5) is 41.0. The van der Waals surface area contributed by atoms with E-state index in [4.69, 9.17) is 9.47 Å². The molecule has 1 aromatic heterocycles. The van der Waals surface area contributed by atoms with Crippen LogP contribution in [0.15, 0.2) is 60.9 Å². The van der Waals surface area contributed by atoms with E-state index in [1.54, 1.807) is 48.1 Å². The van der Waals surface area contributed by atoms with Crippen molar-refractivity contribution in [3.63, 3.8) is 0 Å². The van der Waals surface area contributed by atoms with Gasteiger partial charge in [-0.1, -0.05) is 24.3 Å². The van der Waals surface area contributed by atoms with Crippen LogP contribution >= 0.6 is 0 Å². The molecule has 0 saturated carbocycles. The van der Waals surface area contributed by atoms with Crippen molar-refractivity contribution < 1.29 is 23.9 Å². The van der Waals surface area contributed by atoms with Gasteiger partial charge >= 0.3 is 11.8 Å². The minimum Gasteiger partial charge on any atom is -0.486 e. The predicted molar refractivity (Wildman–Crippen MR) is 111 cm³/mol. The fourth-order valence-electron chi connectivity index (χ4n) is 3.09. The first kappa shape index (κ1) is 20.1. The summed E-state index contributed by atoms with van der Waals surface area (Å²) in [5, 5.41) is 5.03. The van der Waals surface area contributed by atoms with Gasteiger partial charge in [0.15, 0.2) is 17.3 Å². The highest BCUT2D eigenvalue weighted by Gasteiger charge is 2.23. The Morgan fingerprint density at radius 2 is 1.90 bits per heavy atom. The van der Waals surface area contributed by atoms with Gasteiger partial charge in [-0.05, 0) is 24.3 Å². The smallest absolute Gasteiger partial charge is 0.313 e. The Labute approximate surface area is 178 Å². The molecule has 0 fully saturated rings. The molecule has 0 saturated heterocycles. The van der Waals surface area contributed by atoms with Gasteiger partial charge in [-0.25, -0.2) is 4.98 Å². The molecular weight excluding hydrogens is 400 g/mol. The zero-order valence-corrected chi connectivity index (χ0v) is 16.7. The van der Waals surface area contributed by atoms with Crippen molar-refractivity contribution >= 4 is 23.3 Å². The summed E-state index contributed by atoms with van der Waals surface area (Å²) in [6.45, 7) is 0.370. The highest BCUT2D eigenvalue weighted by Crippen LogP contribution is 2.30. The van der Waals surface area contributed by atoms with Gasteiger partial charge in [-0.2, -0.15) is 0 Å². The number of hydrogen-bond acceptors (Lipinski definition) is 6. The maximum Gasteiger partial charge on any atom is 0.313 e. The average Bonchev–Trinajstić information content (AvgIpc) is 3.22. The van der Waals surface area contributed by atoms with Gasteiger partial charge in [0.1, 0.15) is 12.7 Å². The second kappa shape index (κ2) is 8.70. The number of anilines is 1. The topological polar surface area (TPSA) is 112 Å². The largest absolute Gasteiger partial charge is 0.486 e. The fraction of sp³-hybridized carbons (Fsp3) is 0.182. The second-order valence-corrected chi connectivity index (χ2v) is 6.93. The number of para-hydroxylation sites is 2. The summed E-state index contributed by atoms with van der Waals surface area (Å²) in [7, 11) is 1.72. The van der Waals surface area contributed by atoms with E-state index in [1.807, 2.05) is 12.1 Å². The van der Waals surface area contributed by atoms with Crippen molar-refractivity contribution in [2.45, 2.75) is 6.10 Å². The van der Waals surface area contributed by atoms with Crippen molar-refractivity contribution in [3.05, 3.63) is 72.3 Å². The number of hydrogen-bond donors (Lipinski definition) is 2. The molecule has 0 spiro atoms. The standard InChI is InChI=1S/C22H20N4O5/c1-26-10-9-23-20(26)19(27)14-5-4-6-15(11-14)25-22(29)21(28)24-12-16-13-30-17-7-2-3-8-18(17)31-16/h2-11,16H,12-13H2,1H3,(H,24,28)(H,25,29). The number of benzene rings is 2. The third-order valence-electron chi connectivity index (χ3n) is 4.67. The normalized spacial score (nSPS) is 14.5. The number of fused-ring (bicyclic) bond motifs is 1. The van der Waals surface area contributed by atoms with E-state index < -0.39 is 17.9 Å². The van der Waals surface area contributed by atoms with Crippen molar-refractivity contribution in [2.75, 3.05) is 18.5 Å². The van der Waals surface area contributed by atoms with E-state index in [-0.39, 0.29) is 24.8 Å². The molecule has 9 nitrogen and oxygen atoms in total. The van der Waals surface area contributed by atoms with Crippen LogP contribution in [0.4, 0.5) is 5.69 Å². The van der Waals surface area contributed by atoms with E-state index >= 15 is 0 Å². The molecule has 1 unspecified atom stereocenters. The summed E-state index contributed by atoms with van der Waals surface area (Å²) in [6, 6.07) is 13.6. The number of carbonyl (C=O) groups is 3. The van der Waals surface area contributed by atoms with Crippen LogP contribution in [0, 0.1) is 0 Å². The monoisotopic (exact) mass is 420 g/mol. The van der Waals surface area contributed by atoms with E-state index in [1.165, 1.54) is 12.3 Å². The average molecular weight is 420 g/mol. The van der Waals surface area contributed by atoms with Gasteiger partial charge in [0.25, 0.3) is 0 Å². The van der Waals surface area contributed by atoms with Crippen LogP contribution in [0.1, 0.15) is 16.2 Å². The van der Waals surface area contributed by atoms with Crippen molar-refractivity contribution in [1.29, 1.82) is 0 Å². The second-order valence-electron chi connectivity index (χ2n) is 6.93. The van der Waals surface area contributed by atoms with E-state index in [0.29, 0.717) is 22.7 Å². The van der Waals surface area contributed by atoms with Crippen molar-refractivity contribution in [2.24, 2.45) is 7.05 Å². The first-order valence-corrected chi connectivity index (χ1v) is 9.61. The molecule has 0 radical (unpaired) electrons. The van der Waals surface area contributed by atoms with Gasteiger partial charge in [-0.3, -0.25) is 14.4 Å². The lowest BCUT2D eigenvalue weighted by Gasteiger charge is -2.26. The van der Waals surface area contributed by atoms with Crippen LogP contribution in [-0.4, -0.2) is 46.4 Å². The molecule has 31 heavy (non-hydrogen) atoms. The first-order valence-electron chi connectivity index (χ1n) is 9.61. The Hall–Kier alpha value is -4.14. The summed E-state index contributed by atoms with van der Waals surface area (Å²) in [5.74, 6) is -0.447. The Morgan fingerprint density at radius 3 is 2.68 bits per heavy atom. The molecule has 2 heterocycles. The minimum absolute atomic E-state index is 0.109. The quantitative estimate of drug-likeness (QED) is 0.479. The molecular formula is C22H20N4O5. The SMILES string of the molecule is Cn1ccnc1C(=O)c1cccc(NC(=O)C(=O)NCC2COc3ccccc3O2)c1. The number of nitrogens with one attached hydrogen (secondary N) is 2. The Kier molecular flexibility index (Phi) is 5.65. The highest BCUT2D eigenvalue weighted by atomic mass is 16.6. The molecule has 0 aliphatic carbocycles. The van der Waals surface area contributed by atoms with Crippen molar-refractivity contribution in [3.8, 4) is 11.5 Å². The molecule has 1 aliphatic rings. The third kappa shape index (κ3) is 4.55. The molecule has 4 rings (SSSR count). The first-order chi connectivity index (χ1) is 15.0. The zero-order chi connectivity index (χ0) is 21.8. The van der Waals surface area contributed by atoms with Crippen LogP contribution in [0.2, 0.25) is 0 Å². The Bertz CT molecular complexity index is 1140. The third-order valence-corrected chi connectivity index (χ3v) is 4.67.